The van der Waals surface area contributed by atoms with E-state index < -0.39 is 0 Å². The van der Waals surface area contributed by atoms with Crippen LogP contribution in [-0.4, -0.2) is 44.2 Å². The van der Waals surface area contributed by atoms with Gasteiger partial charge in [-0.25, -0.2) is 4.79 Å². The van der Waals surface area contributed by atoms with E-state index in [0.717, 1.165) is 43.7 Å². The second-order valence-corrected chi connectivity index (χ2v) is 8.88. The van der Waals surface area contributed by atoms with Crippen LogP contribution in [0.3, 0.4) is 0 Å². The number of anilines is 1. The molecule has 2 heterocycles. The second-order valence-electron chi connectivity index (χ2n) is 8.88. The smallest absolute Gasteiger partial charge is 0.347 e. The number of hydrogen-bond donors (Lipinski definition) is 0. The summed E-state index contributed by atoms with van der Waals surface area (Å²) in [5.41, 5.74) is 3.83. The largest absolute Gasteiger partial charge is 0.493 e. The average molecular weight is 435 g/mol. The number of carbonyl (C=O) groups is 1. The van der Waals surface area contributed by atoms with Gasteiger partial charge in [0.05, 0.1) is 6.61 Å². The molecule has 2 aliphatic rings. The maximum atomic E-state index is 13.4. The Morgan fingerprint density at radius 1 is 1.28 bits per heavy atom. The lowest BCUT2D eigenvalue weighted by atomic mass is 9.84. The van der Waals surface area contributed by atoms with Gasteiger partial charge < -0.3 is 14.4 Å². The fourth-order valence-corrected chi connectivity index (χ4v) is 5.19. The fourth-order valence-electron chi connectivity index (χ4n) is 5.19. The maximum absolute atomic E-state index is 13.4. The van der Waals surface area contributed by atoms with E-state index in [2.05, 4.69) is 36.4 Å². The van der Waals surface area contributed by atoms with E-state index in [0.29, 0.717) is 35.6 Å². The zero-order valence-corrected chi connectivity index (χ0v) is 19.5. The molecule has 0 bridgehead atoms. The lowest BCUT2D eigenvalue weighted by Crippen LogP contribution is -2.39. The average Bonchev–Trinajstić information content (AvgIpc) is 3.15. The molecule has 170 valence electrons. The van der Waals surface area contributed by atoms with Gasteiger partial charge in [0.15, 0.2) is 0 Å². The first-order valence-electron chi connectivity index (χ1n) is 11.7. The van der Waals surface area contributed by atoms with Crippen molar-refractivity contribution < 1.29 is 14.3 Å². The molecule has 2 atom stereocenters. The summed E-state index contributed by atoms with van der Waals surface area (Å²) in [7, 11) is 2.20. The molecule has 2 unspecified atom stereocenters. The zero-order valence-electron chi connectivity index (χ0n) is 19.5. The van der Waals surface area contributed by atoms with Crippen molar-refractivity contribution >= 4 is 11.7 Å². The number of ether oxygens (including phenoxy) is 2. The van der Waals surface area contributed by atoms with Gasteiger partial charge in [-0.1, -0.05) is 37.6 Å². The molecule has 0 aromatic heterocycles. The molecule has 4 rings (SSSR count). The van der Waals surface area contributed by atoms with E-state index in [-0.39, 0.29) is 5.97 Å². The number of benzene rings is 2. The third-order valence-corrected chi connectivity index (χ3v) is 6.66. The third-order valence-electron chi connectivity index (χ3n) is 6.66. The van der Waals surface area contributed by atoms with Crippen LogP contribution in [0.1, 0.15) is 53.7 Å². The Kier molecular flexibility index (Phi) is 6.85. The van der Waals surface area contributed by atoms with Crippen molar-refractivity contribution in [2.45, 2.75) is 39.2 Å². The zero-order chi connectivity index (χ0) is 22.7. The summed E-state index contributed by atoms with van der Waals surface area (Å²) < 4.78 is 12.0. The minimum atomic E-state index is -0.372. The highest BCUT2D eigenvalue weighted by atomic mass is 16.5. The van der Waals surface area contributed by atoms with E-state index in [1.807, 2.05) is 31.2 Å². The highest BCUT2D eigenvalue weighted by molar-refractivity contribution is 5.98. The van der Waals surface area contributed by atoms with Crippen LogP contribution >= 0.6 is 0 Å². The van der Waals surface area contributed by atoms with Crippen molar-refractivity contribution in [3.63, 3.8) is 0 Å². The Morgan fingerprint density at radius 3 is 2.78 bits per heavy atom. The number of esters is 1. The van der Waals surface area contributed by atoms with Crippen LogP contribution in [0.15, 0.2) is 49.1 Å². The van der Waals surface area contributed by atoms with Crippen molar-refractivity contribution in [3.8, 4) is 11.5 Å². The first-order chi connectivity index (χ1) is 15.5. The molecule has 0 spiro atoms. The molecule has 2 aliphatic heterocycles. The van der Waals surface area contributed by atoms with Gasteiger partial charge in [0.1, 0.15) is 17.1 Å². The van der Waals surface area contributed by atoms with Gasteiger partial charge >= 0.3 is 5.97 Å². The quantitative estimate of drug-likeness (QED) is 0.241. The highest BCUT2D eigenvalue weighted by Crippen LogP contribution is 2.49. The summed E-state index contributed by atoms with van der Waals surface area (Å²) in [5, 5.41) is 0. The first kappa shape index (κ1) is 22.4. The monoisotopic (exact) mass is 434 g/mol. The molecule has 5 nitrogen and oxygen atoms in total. The van der Waals surface area contributed by atoms with Crippen LogP contribution in [0.5, 0.6) is 11.5 Å². The van der Waals surface area contributed by atoms with E-state index in [4.69, 9.17) is 9.47 Å². The molecule has 1 saturated heterocycles. The number of carbonyl (C=O) groups excluding carboxylic acids is 1. The number of nitrogens with zero attached hydrogens (tertiary/aromatic N) is 2. The molecular formula is C27H34N2O3. The normalized spacial score (nSPS) is 19.9. The molecule has 0 radical (unpaired) electrons. The lowest BCUT2D eigenvalue weighted by Gasteiger charge is -2.41. The minimum absolute atomic E-state index is 0.345. The predicted octanol–water partition coefficient (Wildman–Crippen LogP) is 5.39. The van der Waals surface area contributed by atoms with Crippen molar-refractivity contribution in [1.29, 1.82) is 0 Å². The maximum Gasteiger partial charge on any atom is 0.347 e. The van der Waals surface area contributed by atoms with Gasteiger partial charge in [0.2, 0.25) is 0 Å². The Hall–Kier alpha value is -2.79. The van der Waals surface area contributed by atoms with Gasteiger partial charge in [0, 0.05) is 24.8 Å². The van der Waals surface area contributed by atoms with E-state index in [1.165, 1.54) is 12.0 Å². The molecule has 2 aromatic carbocycles. The number of likely N-dealkylation sites (tertiary alicyclic amines) is 1. The lowest BCUT2D eigenvalue weighted by molar-refractivity contribution is 0.0729. The molecule has 0 N–H and O–H groups in total. The molecule has 5 heteroatoms. The van der Waals surface area contributed by atoms with Gasteiger partial charge in [-0.2, -0.15) is 0 Å². The molecule has 0 saturated carbocycles. The summed E-state index contributed by atoms with van der Waals surface area (Å²) in [6, 6.07) is 11.7. The number of rotatable bonds is 8. The van der Waals surface area contributed by atoms with Gasteiger partial charge in [-0.05, 0) is 68.6 Å². The van der Waals surface area contributed by atoms with Crippen LogP contribution < -0.4 is 14.4 Å². The SMILES string of the molecule is C=CCN1CC2CCN(C)C2c2cc(OCCCC)c(C(=O)Oc3ccccc3)c(C)c21. The van der Waals surface area contributed by atoms with Crippen LogP contribution in [0.2, 0.25) is 0 Å². The summed E-state index contributed by atoms with van der Waals surface area (Å²) in [4.78, 5) is 18.2. The number of para-hydroxylation sites is 1. The van der Waals surface area contributed by atoms with Gasteiger partial charge in [-0.15, -0.1) is 6.58 Å². The predicted molar refractivity (Wildman–Crippen MR) is 129 cm³/mol. The summed E-state index contributed by atoms with van der Waals surface area (Å²) in [6.45, 7) is 11.5. The topological polar surface area (TPSA) is 42.0 Å². The second kappa shape index (κ2) is 9.78. The molecule has 32 heavy (non-hydrogen) atoms. The molecule has 1 fully saturated rings. The van der Waals surface area contributed by atoms with E-state index in [1.54, 1.807) is 12.1 Å². The summed E-state index contributed by atoms with van der Waals surface area (Å²) >= 11 is 0. The van der Waals surface area contributed by atoms with Gasteiger partial charge in [-0.3, -0.25) is 4.90 Å². The van der Waals surface area contributed by atoms with Crippen molar-refractivity contribution in [1.82, 2.24) is 4.90 Å². The fraction of sp³-hybridized carbons (Fsp3) is 0.444. The summed E-state index contributed by atoms with van der Waals surface area (Å²) in [6.07, 6.45) is 5.10. The van der Waals surface area contributed by atoms with E-state index >= 15 is 0 Å². The van der Waals surface area contributed by atoms with Gasteiger partial charge in [0.25, 0.3) is 0 Å². The highest BCUT2D eigenvalue weighted by Gasteiger charge is 2.42. The number of unbranched alkanes of at least 4 members (excludes halogenated alkanes) is 1. The number of hydrogen-bond acceptors (Lipinski definition) is 5. The first-order valence-corrected chi connectivity index (χ1v) is 11.7. The van der Waals surface area contributed by atoms with E-state index in [9.17, 15) is 4.79 Å². The minimum Gasteiger partial charge on any atom is -0.493 e. The Balaban J connectivity index is 1.81. The third kappa shape index (κ3) is 4.26. The Labute approximate surface area is 191 Å². The summed E-state index contributed by atoms with van der Waals surface area (Å²) in [5.74, 6) is 1.36. The van der Waals surface area contributed by atoms with Crippen LogP contribution in [0.4, 0.5) is 5.69 Å². The molecule has 0 amide bonds. The van der Waals surface area contributed by atoms with Crippen molar-refractivity contribution in [2.24, 2.45) is 5.92 Å². The Bertz CT molecular complexity index is 973. The van der Waals surface area contributed by atoms with Crippen molar-refractivity contribution in [3.05, 3.63) is 65.7 Å². The molecule has 0 aliphatic carbocycles. The van der Waals surface area contributed by atoms with Crippen LogP contribution in [0, 0.1) is 12.8 Å². The van der Waals surface area contributed by atoms with Crippen LogP contribution in [0.25, 0.3) is 0 Å². The number of fused-ring (bicyclic) bond motifs is 3. The standard InChI is InChI=1S/C27H34N2O3/c1-5-7-16-31-23-17-22-25(29(14-6-2)18-20-13-15-28(4)26(20)22)19(3)24(23)27(30)32-21-11-9-8-10-12-21/h6,8-12,17,20,26H,2,5,7,13-16,18H2,1,3-4H3. The van der Waals surface area contributed by atoms with Crippen molar-refractivity contribution in [2.75, 3.05) is 38.2 Å². The molecule has 2 aromatic rings. The molecular weight excluding hydrogens is 400 g/mol. The Morgan fingerprint density at radius 2 is 2.06 bits per heavy atom. The van der Waals surface area contributed by atoms with Crippen LogP contribution in [-0.2, 0) is 0 Å².